The van der Waals surface area contributed by atoms with Crippen LogP contribution in [0.1, 0.15) is 11.5 Å². The first-order valence-corrected chi connectivity index (χ1v) is 5.73. The van der Waals surface area contributed by atoms with Crippen molar-refractivity contribution < 1.29 is 18.0 Å². The van der Waals surface area contributed by atoms with Gasteiger partial charge >= 0.3 is 0 Å². The fraction of sp³-hybridized carbons (Fsp3) is 0.636. The molecule has 1 N–H and O–H groups in total. The van der Waals surface area contributed by atoms with E-state index in [0.717, 1.165) is 5.69 Å². The van der Waals surface area contributed by atoms with Crippen LogP contribution in [0.2, 0.25) is 0 Å². The molecule has 0 saturated carbocycles. The van der Waals surface area contributed by atoms with E-state index in [1.807, 2.05) is 0 Å². The number of nitrogens with zero attached hydrogens (tertiary/aromatic N) is 2. The van der Waals surface area contributed by atoms with Gasteiger partial charge in [0.15, 0.2) is 6.39 Å². The maximum Gasteiger partial charge on any atom is 0.251 e. The molecule has 0 unspecified atom stereocenters. The number of carbonyl (C=O) groups excluding carboxylic acids is 1. The van der Waals surface area contributed by atoms with Gasteiger partial charge in [0.05, 0.1) is 24.7 Å². The van der Waals surface area contributed by atoms with Crippen LogP contribution < -0.4 is 5.32 Å². The first-order valence-electron chi connectivity index (χ1n) is 5.73. The number of aromatic nitrogens is 1. The molecule has 1 fully saturated rings. The van der Waals surface area contributed by atoms with Crippen LogP contribution in [-0.4, -0.2) is 41.9 Å². The van der Waals surface area contributed by atoms with Gasteiger partial charge in [0.1, 0.15) is 5.76 Å². The van der Waals surface area contributed by atoms with Crippen LogP contribution in [0, 0.1) is 12.8 Å². The predicted octanol–water partition coefficient (Wildman–Crippen LogP) is 0.796. The Labute approximate surface area is 103 Å². The summed E-state index contributed by atoms with van der Waals surface area (Å²) < 4.78 is 29.2. The first kappa shape index (κ1) is 12.9. The Balaban J connectivity index is 1.70. The van der Waals surface area contributed by atoms with Gasteiger partial charge in [0, 0.05) is 13.1 Å². The molecule has 7 heteroatoms. The van der Waals surface area contributed by atoms with Gasteiger partial charge in [-0.25, -0.2) is 13.8 Å². The molecule has 0 spiro atoms. The molecule has 2 rings (SSSR count). The molecule has 18 heavy (non-hydrogen) atoms. The van der Waals surface area contributed by atoms with E-state index in [9.17, 15) is 13.6 Å². The number of likely N-dealkylation sites (tertiary alicyclic amines) is 1. The zero-order valence-corrected chi connectivity index (χ0v) is 10.0. The van der Waals surface area contributed by atoms with E-state index in [2.05, 4.69) is 10.3 Å². The molecule has 2 heterocycles. The highest BCUT2D eigenvalue weighted by Gasteiger charge is 2.33. The van der Waals surface area contributed by atoms with Gasteiger partial charge in [-0.05, 0) is 6.92 Å². The van der Waals surface area contributed by atoms with Crippen molar-refractivity contribution in [2.75, 3.05) is 19.6 Å². The molecule has 5 nitrogen and oxygen atoms in total. The molecule has 0 bridgehead atoms. The Kier molecular flexibility index (Phi) is 3.90. The average Bonchev–Trinajstić information content (AvgIpc) is 2.65. The largest absolute Gasteiger partial charge is 0.446 e. The third-order valence-electron chi connectivity index (χ3n) is 2.99. The van der Waals surface area contributed by atoms with Crippen molar-refractivity contribution >= 4 is 5.91 Å². The summed E-state index contributed by atoms with van der Waals surface area (Å²) in [6.45, 7) is 2.61. The van der Waals surface area contributed by atoms with E-state index < -0.39 is 6.43 Å². The van der Waals surface area contributed by atoms with Crippen LogP contribution in [0.5, 0.6) is 0 Å². The first-order chi connectivity index (χ1) is 8.56. The predicted molar refractivity (Wildman–Crippen MR) is 59.0 cm³/mol. The van der Waals surface area contributed by atoms with Gasteiger partial charge in [-0.15, -0.1) is 0 Å². The second-order valence-corrected chi connectivity index (χ2v) is 4.39. The van der Waals surface area contributed by atoms with Gasteiger partial charge in [-0.2, -0.15) is 0 Å². The Morgan fingerprint density at radius 3 is 2.94 bits per heavy atom. The normalized spacial score (nSPS) is 16.9. The lowest BCUT2D eigenvalue weighted by atomic mass is 9.99. The summed E-state index contributed by atoms with van der Waals surface area (Å²) in [7, 11) is 0. The lowest BCUT2D eigenvalue weighted by Gasteiger charge is -2.37. The van der Waals surface area contributed by atoms with E-state index >= 15 is 0 Å². The molecule has 1 saturated heterocycles. The summed E-state index contributed by atoms with van der Waals surface area (Å²) in [6.07, 6.45) is -1.02. The van der Waals surface area contributed by atoms with Gasteiger partial charge < -0.3 is 9.73 Å². The summed E-state index contributed by atoms with van der Waals surface area (Å²) in [5.74, 6) is 0.287. The number of hydrogen-bond donors (Lipinski definition) is 1. The van der Waals surface area contributed by atoms with E-state index in [-0.39, 0.29) is 24.9 Å². The maximum absolute atomic E-state index is 12.1. The fourth-order valence-electron chi connectivity index (χ4n) is 1.89. The minimum absolute atomic E-state index is 0.128. The number of alkyl halides is 2. The lowest BCUT2D eigenvalue weighted by molar-refractivity contribution is -0.131. The van der Waals surface area contributed by atoms with Crippen LogP contribution in [0.25, 0.3) is 0 Å². The molecule has 0 aliphatic carbocycles. The SMILES string of the molecule is Cc1ncoc1CNC(=O)C1CN(CC(F)F)C1. The zero-order valence-electron chi connectivity index (χ0n) is 10.0. The molecule has 0 aromatic carbocycles. The van der Waals surface area contributed by atoms with Crippen molar-refractivity contribution in [1.82, 2.24) is 15.2 Å². The molecule has 1 aliphatic heterocycles. The number of aryl methyl sites for hydroxylation is 1. The second-order valence-electron chi connectivity index (χ2n) is 4.39. The van der Waals surface area contributed by atoms with Crippen molar-refractivity contribution in [2.24, 2.45) is 5.92 Å². The van der Waals surface area contributed by atoms with Crippen LogP contribution in [0.15, 0.2) is 10.8 Å². The topological polar surface area (TPSA) is 58.4 Å². The summed E-state index contributed by atoms with van der Waals surface area (Å²) in [5, 5.41) is 2.71. The van der Waals surface area contributed by atoms with Crippen molar-refractivity contribution in [3.05, 3.63) is 17.8 Å². The minimum atomic E-state index is -2.34. The molecule has 1 amide bonds. The molecule has 1 aromatic rings. The third kappa shape index (κ3) is 3.04. The number of nitrogens with one attached hydrogen (secondary N) is 1. The number of halogens is 2. The van der Waals surface area contributed by atoms with Gasteiger partial charge in [-0.1, -0.05) is 0 Å². The second kappa shape index (κ2) is 5.43. The quantitative estimate of drug-likeness (QED) is 0.849. The van der Waals surface area contributed by atoms with Gasteiger partial charge in [0.2, 0.25) is 5.91 Å². The molecule has 1 aromatic heterocycles. The number of oxazole rings is 1. The van der Waals surface area contributed by atoms with E-state index in [4.69, 9.17) is 4.42 Å². The zero-order chi connectivity index (χ0) is 13.1. The van der Waals surface area contributed by atoms with Crippen LogP contribution in [-0.2, 0) is 11.3 Å². The average molecular weight is 259 g/mol. The highest BCUT2D eigenvalue weighted by molar-refractivity contribution is 5.79. The minimum Gasteiger partial charge on any atom is -0.446 e. The third-order valence-corrected chi connectivity index (χ3v) is 2.99. The van der Waals surface area contributed by atoms with E-state index in [1.165, 1.54) is 6.39 Å². The van der Waals surface area contributed by atoms with Gasteiger partial charge in [-0.3, -0.25) is 9.69 Å². The molecular formula is C11H15F2N3O2. The van der Waals surface area contributed by atoms with Crippen LogP contribution >= 0.6 is 0 Å². The standard InChI is InChI=1S/C11H15F2N3O2/c1-7-9(18-6-15-7)2-14-11(17)8-3-16(4-8)5-10(12)13/h6,8,10H,2-5H2,1H3,(H,14,17). The number of rotatable bonds is 5. The number of amides is 1. The molecule has 1 aliphatic rings. The summed E-state index contributed by atoms with van der Waals surface area (Å²) in [5.41, 5.74) is 0.739. The maximum atomic E-state index is 12.1. The van der Waals surface area contributed by atoms with Crippen LogP contribution in [0.4, 0.5) is 8.78 Å². The molecule has 100 valence electrons. The Morgan fingerprint density at radius 1 is 1.67 bits per heavy atom. The van der Waals surface area contributed by atoms with Crippen molar-refractivity contribution in [2.45, 2.75) is 19.9 Å². The number of carbonyl (C=O) groups is 1. The fourth-order valence-corrected chi connectivity index (χ4v) is 1.89. The molecule has 0 radical (unpaired) electrons. The Bertz CT molecular complexity index is 416. The monoisotopic (exact) mass is 259 g/mol. The molecular weight excluding hydrogens is 244 g/mol. The van der Waals surface area contributed by atoms with Crippen molar-refractivity contribution in [3.63, 3.8) is 0 Å². The van der Waals surface area contributed by atoms with Crippen LogP contribution in [0.3, 0.4) is 0 Å². The molecule has 0 atom stereocenters. The van der Waals surface area contributed by atoms with Crippen molar-refractivity contribution in [1.29, 1.82) is 0 Å². The highest BCUT2D eigenvalue weighted by atomic mass is 19.3. The Morgan fingerprint density at radius 2 is 2.39 bits per heavy atom. The van der Waals surface area contributed by atoms with E-state index in [0.29, 0.717) is 18.8 Å². The summed E-state index contributed by atoms with van der Waals surface area (Å²) in [6, 6.07) is 0. The smallest absolute Gasteiger partial charge is 0.251 e. The number of hydrogen-bond acceptors (Lipinski definition) is 4. The van der Waals surface area contributed by atoms with Gasteiger partial charge in [0.25, 0.3) is 6.43 Å². The highest BCUT2D eigenvalue weighted by Crippen LogP contribution is 2.17. The van der Waals surface area contributed by atoms with Crippen molar-refractivity contribution in [3.8, 4) is 0 Å². The Hall–Kier alpha value is -1.50. The lowest BCUT2D eigenvalue weighted by Crippen LogP contribution is -2.54. The summed E-state index contributed by atoms with van der Waals surface area (Å²) >= 11 is 0. The van der Waals surface area contributed by atoms with E-state index in [1.54, 1.807) is 11.8 Å². The summed E-state index contributed by atoms with van der Waals surface area (Å²) in [4.78, 5) is 17.1.